The van der Waals surface area contributed by atoms with Gasteiger partial charge >= 0.3 is 0 Å². The van der Waals surface area contributed by atoms with Crippen molar-refractivity contribution in [3.8, 4) is 0 Å². The molecule has 1 aromatic rings. The quantitative estimate of drug-likeness (QED) is 0.601. The third-order valence-corrected chi connectivity index (χ3v) is 2.79. The van der Waals surface area contributed by atoms with Crippen molar-refractivity contribution in [3.05, 3.63) is 39.7 Å². The van der Waals surface area contributed by atoms with E-state index >= 15 is 0 Å². The van der Waals surface area contributed by atoms with Crippen LogP contribution in [0.15, 0.2) is 18.2 Å². The lowest BCUT2D eigenvalue weighted by molar-refractivity contribution is -0.385. The van der Waals surface area contributed by atoms with Crippen molar-refractivity contribution < 1.29 is 14.4 Å². The number of hydrogen-bond acceptors (Lipinski definition) is 4. The number of nitro benzene ring substituents is 1. The Balaban J connectivity index is 2.83. The Bertz CT molecular complexity index is 424. The molecule has 6 heteroatoms. The number of rotatable bonds is 6. The summed E-state index contributed by atoms with van der Waals surface area (Å²) in [5.41, 5.74) is 0.156. The molecule has 0 amide bonds. The Morgan fingerprint density at radius 1 is 1.50 bits per heavy atom. The molecule has 0 aromatic heterocycles. The lowest BCUT2D eigenvalue weighted by Crippen LogP contribution is -2.36. The standard InChI is InChI=1S/C12H17FN2O3/c1-8(2)11(7-16)14-6-9-5-10(13)3-4-12(9)15(17)18/h3-5,8,11,14,16H,6-7H2,1-2H3. The molecule has 1 aromatic carbocycles. The molecule has 100 valence electrons. The van der Waals surface area contributed by atoms with Gasteiger partial charge in [-0.1, -0.05) is 13.8 Å². The molecule has 0 aliphatic rings. The zero-order valence-electron chi connectivity index (χ0n) is 10.4. The maximum absolute atomic E-state index is 13.1. The van der Waals surface area contributed by atoms with E-state index in [-0.39, 0.29) is 36.4 Å². The van der Waals surface area contributed by atoms with Crippen LogP contribution in [0.25, 0.3) is 0 Å². The minimum atomic E-state index is -0.542. The van der Waals surface area contributed by atoms with Gasteiger partial charge in [0, 0.05) is 24.2 Å². The van der Waals surface area contributed by atoms with Crippen molar-refractivity contribution in [3.63, 3.8) is 0 Å². The molecule has 0 spiro atoms. The van der Waals surface area contributed by atoms with Gasteiger partial charge in [-0.05, 0) is 18.1 Å². The van der Waals surface area contributed by atoms with Crippen LogP contribution in [0.4, 0.5) is 10.1 Å². The number of nitrogens with zero attached hydrogens (tertiary/aromatic N) is 1. The first kappa shape index (κ1) is 14.5. The molecule has 0 heterocycles. The molecule has 0 fully saturated rings. The Kier molecular flexibility index (Phi) is 5.18. The van der Waals surface area contributed by atoms with E-state index in [0.717, 1.165) is 18.2 Å². The fourth-order valence-corrected chi connectivity index (χ4v) is 1.63. The largest absolute Gasteiger partial charge is 0.395 e. The van der Waals surface area contributed by atoms with Crippen molar-refractivity contribution >= 4 is 5.69 Å². The summed E-state index contributed by atoms with van der Waals surface area (Å²) in [7, 11) is 0. The Labute approximate surface area is 105 Å². The molecule has 0 aliphatic carbocycles. The highest BCUT2D eigenvalue weighted by atomic mass is 19.1. The van der Waals surface area contributed by atoms with E-state index in [1.54, 1.807) is 0 Å². The Morgan fingerprint density at radius 3 is 2.67 bits per heavy atom. The van der Waals surface area contributed by atoms with E-state index < -0.39 is 10.7 Å². The lowest BCUT2D eigenvalue weighted by Gasteiger charge is -2.19. The molecule has 0 radical (unpaired) electrons. The number of halogens is 1. The van der Waals surface area contributed by atoms with E-state index in [9.17, 15) is 14.5 Å². The summed E-state index contributed by atoms with van der Waals surface area (Å²) in [6.45, 7) is 3.93. The predicted molar refractivity (Wildman–Crippen MR) is 65.6 cm³/mol. The molecular weight excluding hydrogens is 239 g/mol. The van der Waals surface area contributed by atoms with Crippen LogP contribution in [0, 0.1) is 21.8 Å². The summed E-state index contributed by atoms with van der Waals surface area (Å²) in [5.74, 6) is -0.329. The second-order valence-corrected chi connectivity index (χ2v) is 4.44. The van der Waals surface area contributed by atoms with Gasteiger partial charge in [-0.3, -0.25) is 10.1 Å². The third kappa shape index (κ3) is 3.75. The van der Waals surface area contributed by atoms with Gasteiger partial charge in [-0.2, -0.15) is 0 Å². The van der Waals surface area contributed by atoms with Crippen molar-refractivity contribution in [1.82, 2.24) is 5.32 Å². The maximum atomic E-state index is 13.1. The second kappa shape index (κ2) is 6.42. The van der Waals surface area contributed by atoms with E-state index in [1.165, 1.54) is 0 Å². The fourth-order valence-electron chi connectivity index (χ4n) is 1.63. The monoisotopic (exact) mass is 256 g/mol. The van der Waals surface area contributed by atoms with Crippen LogP contribution in [0.5, 0.6) is 0 Å². The molecule has 1 atom stereocenters. The molecule has 0 saturated carbocycles. The predicted octanol–water partition coefficient (Wildman–Crippen LogP) is 1.84. The Hall–Kier alpha value is -1.53. The average Bonchev–Trinajstić information content (AvgIpc) is 2.29. The molecule has 0 saturated heterocycles. The molecule has 1 unspecified atom stereocenters. The SMILES string of the molecule is CC(C)C(CO)NCc1cc(F)ccc1[N+](=O)[O-]. The van der Waals surface area contributed by atoms with Crippen LogP contribution >= 0.6 is 0 Å². The molecule has 0 aliphatic heterocycles. The van der Waals surface area contributed by atoms with Crippen LogP contribution in [-0.2, 0) is 6.54 Å². The highest BCUT2D eigenvalue weighted by Crippen LogP contribution is 2.19. The summed E-state index contributed by atoms with van der Waals surface area (Å²) in [6, 6.07) is 3.18. The van der Waals surface area contributed by atoms with Crippen LogP contribution in [0.3, 0.4) is 0 Å². The smallest absolute Gasteiger partial charge is 0.274 e. The second-order valence-electron chi connectivity index (χ2n) is 4.44. The van der Waals surface area contributed by atoms with Crippen molar-refractivity contribution in [1.29, 1.82) is 0 Å². The highest BCUT2D eigenvalue weighted by Gasteiger charge is 2.17. The fraction of sp³-hybridized carbons (Fsp3) is 0.500. The van der Waals surface area contributed by atoms with Crippen LogP contribution < -0.4 is 5.32 Å². The Morgan fingerprint density at radius 2 is 2.17 bits per heavy atom. The van der Waals surface area contributed by atoms with E-state index in [4.69, 9.17) is 5.11 Å². The van der Waals surface area contributed by atoms with Gasteiger partial charge in [-0.15, -0.1) is 0 Å². The third-order valence-electron chi connectivity index (χ3n) is 2.79. The molecule has 2 N–H and O–H groups in total. The lowest BCUT2D eigenvalue weighted by atomic mass is 10.0. The van der Waals surface area contributed by atoms with Gasteiger partial charge in [-0.25, -0.2) is 4.39 Å². The number of nitro groups is 1. The van der Waals surface area contributed by atoms with E-state index in [2.05, 4.69) is 5.32 Å². The number of aliphatic hydroxyl groups excluding tert-OH is 1. The van der Waals surface area contributed by atoms with E-state index in [1.807, 2.05) is 13.8 Å². The minimum absolute atomic E-state index is 0.0687. The van der Waals surface area contributed by atoms with Gasteiger partial charge in [0.2, 0.25) is 0 Å². The molecule has 18 heavy (non-hydrogen) atoms. The summed E-state index contributed by atoms with van der Waals surface area (Å²) < 4.78 is 13.1. The normalized spacial score (nSPS) is 12.7. The summed E-state index contributed by atoms with van der Waals surface area (Å²) in [4.78, 5) is 10.2. The van der Waals surface area contributed by atoms with E-state index in [0.29, 0.717) is 0 Å². The van der Waals surface area contributed by atoms with Crippen molar-refractivity contribution in [2.24, 2.45) is 5.92 Å². The molecule has 0 bridgehead atoms. The minimum Gasteiger partial charge on any atom is -0.395 e. The first-order valence-corrected chi connectivity index (χ1v) is 5.72. The number of aliphatic hydroxyl groups is 1. The van der Waals surface area contributed by atoms with Crippen molar-refractivity contribution in [2.45, 2.75) is 26.4 Å². The first-order chi connectivity index (χ1) is 8.45. The maximum Gasteiger partial charge on any atom is 0.274 e. The van der Waals surface area contributed by atoms with Crippen LogP contribution in [0.2, 0.25) is 0 Å². The van der Waals surface area contributed by atoms with Gasteiger partial charge in [0.25, 0.3) is 5.69 Å². The van der Waals surface area contributed by atoms with Gasteiger partial charge in [0.15, 0.2) is 0 Å². The summed E-state index contributed by atoms with van der Waals surface area (Å²) in [6.07, 6.45) is 0. The zero-order chi connectivity index (χ0) is 13.7. The van der Waals surface area contributed by atoms with Crippen molar-refractivity contribution in [2.75, 3.05) is 6.61 Å². The molecule has 1 rings (SSSR count). The van der Waals surface area contributed by atoms with Gasteiger partial charge < -0.3 is 10.4 Å². The number of benzene rings is 1. The number of hydrogen-bond donors (Lipinski definition) is 2. The average molecular weight is 256 g/mol. The van der Waals surface area contributed by atoms with Gasteiger partial charge in [0.1, 0.15) is 5.82 Å². The summed E-state index contributed by atoms with van der Waals surface area (Å²) >= 11 is 0. The van der Waals surface area contributed by atoms with Crippen LogP contribution in [-0.4, -0.2) is 22.7 Å². The first-order valence-electron chi connectivity index (χ1n) is 5.72. The van der Waals surface area contributed by atoms with Crippen LogP contribution in [0.1, 0.15) is 19.4 Å². The highest BCUT2D eigenvalue weighted by molar-refractivity contribution is 5.40. The molecular formula is C12H17FN2O3. The van der Waals surface area contributed by atoms with Gasteiger partial charge in [0.05, 0.1) is 11.5 Å². The molecule has 5 nitrogen and oxygen atoms in total. The summed E-state index contributed by atoms with van der Waals surface area (Å²) in [5, 5.41) is 22.9. The zero-order valence-corrected chi connectivity index (χ0v) is 10.4. The topological polar surface area (TPSA) is 75.4 Å². The number of nitrogens with one attached hydrogen (secondary N) is 1.